The van der Waals surface area contributed by atoms with Crippen LogP contribution in [0.4, 0.5) is 5.95 Å². The highest BCUT2D eigenvalue weighted by Crippen LogP contribution is 2.19. The Kier molecular flexibility index (Phi) is 6.28. The maximum atomic E-state index is 5.06. The maximum absolute atomic E-state index is 5.06. The largest absolute Gasteiger partial charge is 0.385 e. The summed E-state index contributed by atoms with van der Waals surface area (Å²) in [5.74, 6) is 0.951. The van der Waals surface area contributed by atoms with Crippen LogP contribution in [0.25, 0.3) is 0 Å². The number of imidazole rings is 1. The van der Waals surface area contributed by atoms with Gasteiger partial charge in [0.05, 0.1) is 0 Å². The molecule has 21 heavy (non-hydrogen) atoms. The zero-order chi connectivity index (χ0) is 14.9. The SMILES string of the molecule is COCCCNc1nccn1C(C)CCc1ccccc1. The molecule has 0 amide bonds. The van der Waals surface area contributed by atoms with Gasteiger partial charge < -0.3 is 14.6 Å². The third kappa shape index (κ3) is 4.90. The Morgan fingerprint density at radius 1 is 1.29 bits per heavy atom. The Labute approximate surface area is 127 Å². The first-order valence-corrected chi connectivity index (χ1v) is 7.61. The van der Waals surface area contributed by atoms with Crippen LogP contribution in [0.5, 0.6) is 0 Å². The van der Waals surface area contributed by atoms with Gasteiger partial charge in [-0.15, -0.1) is 0 Å². The van der Waals surface area contributed by atoms with E-state index in [1.54, 1.807) is 7.11 Å². The molecular weight excluding hydrogens is 262 g/mol. The molecule has 2 aromatic rings. The van der Waals surface area contributed by atoms with E-state index in [4.69, 9.17) is 4.74 Å². The third-order valence-electron chi connectivity index (χ3n) is 3.65. The molecule has 1 heterocycles. The lowest BCUT2D eigenvalue weighted by Gasteiger charge is -2.17. The summed E-state index contributed by atoms with van der Waals surface area (Å²) >= 11 is 0. The van der Waals surface area contributed by atoms with Gasteiger partial charge in [-0.1, -0.05) is 30.3 Å². The number of aromatic nitrogens is 2. The van der Waals surface area contributed by atoms with E-state index in [-0.39, 0.29) is 0 Å². The first-order valence-electron chi connectivity index (χ1n) is 7.61. The number of nitrogens with one attached hydrogen (secondary N) is 1. The highest BCUT2D eigenvalue weighted by atomic mass is 16.5. The Balaban J connectivity index is 1.84. The van der Waals surface area contributed by atoms with Crippen molar-refractivity contribution in [2.75, 3.05) is 25.6 Å². The van der Waals surface area contributed by atoms with Crippen LogP contribution in [0.1, 0.15) is 31.4 Å². The summed E-state index contributed by atoms with van der Waals surface area (Å²) in [5, 5.41) is 3.38. The van der Waals surface area contributed by atoms with Crippen LogP contribution in [-0.2, 0) is 11.2 Å². The molecule has 0 aliphatic rings. The summed E-state index contributed by atoms with van der Waals surface area (Å²) in [7, 11) is 1.73. The number of methoxy groups -OCH3 is 1. The van der Waals surface area contributed by atoms with Gasteiger partial charge in [0.15, 0.2) is 0 Å². The van der Waals surface area contributed by atoms with Crippen LogP contribution in [0.2, 0.25) is 0 Å². The number of anilines is 1. The Morgan fingerprint density at radius 2 is 2.10 bits per heavy atom. The van der Waals surface area contributed by atoms with Crippen molar-refractivity contribution >= 4 is 5.95 Å². The summed E-state index contributed by atoms with van der Waals surface area (Å²) in [6, 6.07) is 11.1. The van der Waals surface area contributed by atoms with E-state index in [2.05, 4.69) is 52.1 Å². The molecule has 1 aromatic carbocycles. The minimum atomic E-state index is 0.428. The Morgan fingerprint density at radius 3 is 2.86 bits per heavy atom. The molecule has 1 atom stereocenters. The molecule has 1 unspecified atom stereocenters. The smallest absolute Gasteiger partial charge is 0.203 e. The fourth-order valence-electron chi connectivity index (χ4n) is 2.38. The lowest BCUT2D eigenvalue weighted by Crippen LogP contribution is -2.13. The molecule has 4 heteroatoms. The lowest BCUT2D eigenvalue weighted by atomic mass is 10.1. The fourth-order valence-corrected chi connectivity index (χ4v) is 2.38. The maximum Gasteiger partial charge on any atom is 0.203 e. The average molecular weight is 287 g/mol. The van der Waals surface area contributed by atoms with Crippen LogP contribution in [0.15, 0.2) is 42.7 Å². The predicted octanol–water partition coefficient (Wildman–Crippen LogP) is 3.53. The molecular formula is C17H25N3O. The molecule has 0 bridgehead atoms. The minimum Gasteiger partial charge on any atom is -0.385 e. The van der Waals surface area contributed by atoms with Crippen LogP contribution >= 0.6 is 0 Å². The van der Waals surface area contributed by atoms with Crippen LogP contribution in [0.3, 0.4) is 0 Å². The first-order chi connectivity index (χ1) is 10.3. The lowest BCUT2D eigenvalue weighted by molar-refractivity contribution is 0.197. The summed E-state index contributed by atoms with van der Waals surface area (Å²) in [5.41, 5.74) is 1.39. The first kappa shape index (κ1) is 15.6. The van der Waals surface area contributed by atoms with Crippen LogP contribution < -0.4 is 5.32 Å². The van der Waals surface area contributed by atoms with Gasteiger partial charge in [-0.25, -0.2) is 4.98 Å². The van der Waals surface area contributed by atoms with E-state index in [1.165, 1.54) is 5.56 Å². The summed E-state index contributed by atoms with van der Waals surface area (Å²) in [4.78, 5) is 4.40. The molecule has 0 fully saturated rings. The standard InChI is InChI=1S/C17H25N3O/c1-15(9-10-16-7-4-3-5-8-16)20-13-12-19-17(20)18-11-6-14-21-2/h3-5,7-8,12-13,15H,6,9-11,14H2,1-2H3,(H,18,19). The van der Waals surface area contributed by atoms with Crippen LogP contribution in [-0.4, -0.2) is 29.8 Å². The number of ether oxygens (including phenoxy) is 1. The van der Waals surface area contributed by atoms with Gasteiger partial charge in [0, 0.05) is 38.7 Å². The van der Waals surface area contributed by atoms with Crippen LogP contribution in [0, 0.1) is 0 Å². The number of rotatable bonds is 9. The molecule has 0 saturated carbocycles. The van der Waals surface area contributed by atoms with E-state index in [0.29, 0.717) is 6.04 Å². The van der Waals surface area contributed by atoms with Crippen molar-refractivity contribution in [2.45, 2.75) is 32.2 Å². The van der Waals surface area contributed by atoms with Gasteiger partial charge in [-0.3, -0.25) is 0 Å². The molecule has 0 spiro atoms. The molecule has 0 radical (unpaired) electrons. The number of hydrogen-bond acceptors (Lipinski definition) is 3. The third-order valence-corrected chi connectivity index (χ3v) is 3.65. The van der Waals surface area contributed by atoms with E-state index >= 15 is 0 Å². The Bertz CT molecular complexity index is 510. The molecule has 114 valence electrons. The zero-order valence-corrected chi connectivity index (χ0v) is 13.0. The van der Waals surface area contributed by atoms with E-state index in [0.717, 1.165) is 38.4 Å². The van der Waals surface area contributed by atoms with Crippen molar-refractivity contribution in [3.05, 3.63) is 48.3 Å². The van der Waals surface area contributed by atoms with Crippen molar-refractivity contribution in [2.24, 2.45) is 0 Å². The van der Waals surface area contributed by atoms with Gasteiger partial charge in [0.2, 0.25) is 5.95 Å². The van der Waals surface area contributed by atoms with Crippen molar-refractivity contribution in [3.63, 3.8) is 0 Å². The van der Waals surface area contributed by atoms with E-state index in [9.17, 15) is 0 Å². The summed E-state index contributed by atoms with van der Waals surface area (Å²) < 4.78 is 7.28. The predicted molar refractivity (Wildman–Crippen MR) is 86.7 cm³/mol. The van der Waals surface area contributed by atoms with E-state index in [1.807, 2.05) is 12.4 Å². The number of nitrogens with zero attached hydrogens (tertiary/aromatic N) is 2. The normalized spacial score (nSPS) is 12.3. The van der Waals surface area contributed by atoms with Gasteiger partial charge in [0.25, 0.3) is 0 Å². The monoisotopic (exact) mass is 287 g/mol. The average Bonchev–Trinajstić information content (AvgIpc) is 2.99. The van der Waals surface area contributed by atoms with Crippen molar-refractivity contribution < 1.29 is 4.74 Å². The molecule has 0 aliphatic carbocycles. The number of hydrogen-bond donors (Lipinski definition) is 1. The molecule has 0 aliphatic heterocycles. The van der Waals surface area contributed by atoms with Gasteiger partial charge in [0.1, 0.15) is 0 Å². The topological polar surface area (TPSA) is 39.1 Å². The van der Waals surface area contributed by atoms with Crippen molar-refractivity contribution in [1.82, 2.24) is 9.55 Å². The van der Waals surface area contributed by atoms with Gasteiger partial charge >= 0.3 is 0 Å². The minimum absolute atomic E-state index is 0.428. The molecule has 4 nitrogen and oxygen atoms in total. The molecule has 1 aromatic heterocycles. The van der Waals surface area contributed by atoms with Gasteiger partial charge in [-0.05, 0) is 31.7 Å². The quantitative estimate of drug-likeness (QED) is 0.717. The second-order valence-corrected chi connectivity index (χ2v) is 5.30. The molecule has 2 rings (SSSR count). The fraction of sp³-hybridized carbons (Fsp3) is 0.471. The highest BCUT2D eigenvalue weighted by molar-refractivity contribution is 5.26. The van der Waals surface area contributed by atoms with E-state index < -0.39 is 0 Å². The highest BCUT2D eigenvalue weighted by Gasteiger charge is 2.09. The second-order valence-electron chi connectivity index (χ2n) is 5.30. The Hall–Kier alpha value is -1.81. The second kappa shape index (κ2) is 8.47. The molecule has 1 N–H and O–H groups in total. The summed E-state index contributed by atoms with van der Waals surface area (Å²) in [6.45, 7) is 3.90. The molecule has 0 saturated heterocycles. The number of benzene rings is 1. The van der Waals surface area contributed by atoms with Crippen molar-refractivity contribution in [1.29, 1.82) is 0 Å². The zero-order valence-electron chi connectivity index (χ0n) is 13.0. The van der Waals surface area contributed by atoms with Crippen molar-refractivity contribution in [3.8, 4) is 0 Å². The number of aryl methyl sites for hydroxylation is 1. The summed E-state index contributed by atoms with van der Waals surface area (Å²) in [6.07, 6.45) is 7.09. The van der Waals surface area contributed by atoms with Gasteiger partial charge in [-0.2, -0.15) is 0 Å².